The number of pyridine rings is 2. The minimum Gasteiger partial charge on any atom is -0.497 e. The van der Waals surface area contributed by atoms with Crippen LogP contribution in [0.1, 0.15) is 36.3 Å². The molecule has 41 heavy (non-hydrogen) atoms. The second kappa shape index (κ2) is 10.1. The van der Waals surface area contributed by atoms with E-state index in [1.807, 2.05) is 12.1 Å². The van der Waals surface area contributed by atoms with Gasteiger partial charge in [0.2, 0.25) is 0 Å². The van der Waals surface area contributed by atoms with E-state index in [4.69, 9.17) is 29.0 Å². The Hall–Kier alpha value is -3.47. The van der Waals surface area contributed by atoms with Crippen molar-refractivity contribution in [2.75, 3.05) is 13.7 Å². The van der Waals surface area contributed by atoms with Crippen LogP contribution in [0.2, 0.25) is 0 Å². The Bertz CT molecular complexity index is 1590. The van der Waals surface area contributed by atoms with Gasteiger partial charge in [-0.25, -0.2) is 14.7 Å². The molecule has 0 amide bonds. The van der Waals surface area contributed by atoms with Gasteiger partial charge >= 0.3 is 5.97 Å². The summed E-state index contributed by atoms with van der Waals surface area (Å²) in [4.78, 5) is 42.1. The fraction of sp³-hybridized carbons (Fsp3) is 0.444. The third kappa shape index (κ3) is 4.23. The normalized spacial score (nSPS) is 30.5. The van der Waals surface area contributed by atoms with E-state index in [-0.39, 0.29) is 24.1 Å². The summed E-state index contributed by atoms with van der Waals surface area (Å²) in [6, 6.07) is 8.74. The van der Waals surface area contributed by atoms with Gasteiger partial charge in [0.1, 0.15) is 24.1 Å². The summed E-state index contributed by atoms with van der Waals surface area (Å²) < 4.78 is 16.9. The van der Waals surface area contributed by atoms with Crippen molar-refractivity contribution in [2.24, 2.45) is 0 Å². The second-order valence-corrected chi connectivity index (χ2v) is 10.1. The van der Waals surface area contributed by atoms with Crippen LogP contribution < -0.4 is 10.3 Å². The molecule has 2 unspecified atom stereocenters. The standard InChI is InChI=1S/C27H28N2O12/c1-3-27(36)14-8-16-19-12(6-11-7-13(37-2)4-5-15(11)28-19)9-29(16)23(33)18(14)25(39-26(27)35)41-40-22-20(31)17(10-30)38-24(34)21(22)32/h4-8,17,20-22,24-25,30-32,34,36H,3,9-10H2,1-2H3/t17-,20+,21-,22+,24?,25?,27+/m1/s1. The maximum atomic E-state index is 13.9. The number of fused-ring (bicyclic) bond motifs is 5. The van der Waals surface area contributed by atoms with Crippen LogP contribution in [0, 0.1) is 0 Å². The molecule has 3 aliphatic rings. The highest BCUT2D eigenvalue weighted by Gasteiger charge is 2.51. The molecule has 14 nitrogen and oxygen atoms in total. The second-order valence-electron chi connectivity index (χ2n) is 10.1. The van der Waals surface area contributed by atoms with Gasteiger partial charge in [0, 0.05) is 16.5 Å². The molecule has 7 atom stereocenters. The molecule has 1 saturated heterocycles. The fourth-order valence-corrected chi connectivity index (χ4v) is 5.49. The zero-order chi connectivity index (χ0) is 29.2. The molecule has 0 bridgehead atoms. The molecule has 5 N–H and O–H groups in total. The van der Waals surface area contributed by atoms with Crippen molar-refractivity contribution < 1.29 is 54.3 Å². The van der Waals surface area contributed by atoms with Crippen LogP contribution in [-0.2, 0) is 36.2 Å². The van der Waals surface area contributed by atoms with E-state index < -0.39 is 60.7 Å². The van der Waals surface area contributed by atoms with Crippen LogP contribution in [0.3, 0.4) is 0 Å². The predicted octanol–water partition coefficient (Wildman–Crippen LogP) is -0.665. The van der Waals surface area contributed by atoms with Gasteiger partial charge in [-0.05, 0) is 36.8 Å². The third-order valence-corrected chi connectivity index (χ3v) is 7.85. The summed E-state index contributed by atoms with van der Waals surface area (Å²) in [6.07, 6.45) is -10.2. The summed E-state index contributed by atoms with van der Waals surface area (Å²) >= 11 is 0. The van der Waals surface area contributed by atoms with Crippen LogP contribution in [-0.4, -0.2) is 85.5 Å². The number of hydrogen-bond acceptors (Lipinski definition) is 13. The van der Waals surface area contributed by atoms with Crippen molar-refractivity contribution in [3.8, 4) is 17.1 Å². The maximum absolute atomic E-state index is 13.9. The first-order chi connectivity index (χ1) is 19.6. The lowest BCUT2D eigenvalue weighted by Crippen LogP contribution is -2.59. The van der Waals surface area contributed by atoms with Gasteiger partial charge in [-0.2, -0.15) is 4.89 Å². The number of esters is 1. The smallest absolute Gasteiger partial charge is 0.345 e. The van der Waals surface area contributed by atoms with Crippen molar-refractivity contribution in [2.45, 2.75) is 62.5 Å². The Morgan fingerprint density at radius 1 is 1.12 bits per heavy atom. The van der Waals surface area contributed by atoms with Crippen molar-refractivity contribution in [1.29, 1.82) is 0 Å². The number of hydrogen-bond donors (Lipinski definition) is 5. The molecule has 14 heteroatoms. The molecule has 0 spiro atoms. The number of methoxy groups -OCH3 is 1. The lowest BCUT2D eigenvalue weighted by atomic mass is 9.85. The van der Waals surface area contributed by atoms with Crippen molar-refractivity contribution >= 4 is 16.9 Å². The SMILES string of the molecule is CC[C@@]1(O)C(=O)OC(OO[C@H]2[C@@H](O)[C@@H](CO)OC(O)[C@@H]2O)c2c1cc1n(c2=O)Cc2cc3cc(OC)ccc3nc2-1. The number of aromatic nitrogens is 2. The number of aliphatic hydroxyl groups excluding tert-OH is 4. The van der Waals surface area contributed by atoms with Crippen LogP contribution in [0.25, 0.3) is 22.3 Å². The highest BCUT2D eigenvalue weighted by atomic mass is 17.2. The number of carbonyl (C=O) groups excluding carboxylic acids is 1. The van der Waals surface area contributed by atoms with E-state index in [2.05, 4.69) is 0 Å². The van der Waals surface area contributed by atoms with Gasteiger partial charge in [-0.1, -0.05) is 6.92 Å². The minimum atomic E-state index is -2.19. The fourth-order valence-electron chi connectivity index (χ4n) is 5.49. The topological polar surface area (TPSA) is 199 Å². The minimum absolute atomic E-state index is 0.0630. The van der Waals surface area contributed by atoms with E-state index in [9.17, 15) is 35.1 Å². The number of aliphatic hydroxyl groups is 5. The van der Waals surface area contributed by atoms with E-state index >= 15 is 0 Å². The van der Waals surface area contributed by atoms with Crippen molar-refractivity contribution in [3.63, 3.8) is 0 Å². The van der Waals surface area contributed by atoms with Crippen molar-refractivity contribution in [1.82, 2.24) is 9.55 Å². The zero-order valence-electron chi connectivity index (χ0n) is 22.0. The number of carbonyl (C=O) groups is 1. The molecule has 218 valence electrons. The number of ether oxygens (including phenoxy) is 3. The molecule has 0 saturated carbocycles. The van der Waals surface area contributed by atoms with Gasteiger partial charge < -0.3 is 44.3 Å². The van der Waals surface area contributed by atoms with E-state index in [1.54, 1.807) is 26.2 Å². The first kappa shape index (κ1) is 27.7. The van der Waals surface area contributed by atoms with E-state index in [1.165, 1.54) is 10.6 Å². The number of nitrogens with zero attached hydrogens (tertiary/aromatic N) is 2. The van der Waals surface area contributed by atoms with Gasteiger partial charge in [0.25, 0.3) is 11.8 Å². The Labute approximate surface area is 231 Å². The number of cyclic esters (lactones) is 1. The Morgan fingerprint density at radius 3 is 2.61 bits per heavy atom. The average molecular weight is 573 g/mol. The number of rotatable bonds is 6. The largest absolute Gasteiger partial charge is 0.497 e. The molecule has 1 aromatic carbocycles. The molecule has 1 fully saturated rings. The highest BCUT2D eigenvalue weighted by Crippen LogP contribution is 2.42. The maximum Gasteiger partial charge on any atom is 0.345 e. The first-order valence-corrected chi connectivity index (χ1v) is 12.9. The van der Waals surface area contributed by atoms with Gasteiger partial charge in [0.15, 0.2) is 18.0 Å². The first-order valence-electron chi connectivity index (χ1n) is 12.9. The number of benzene rings is 1. The summed E-state index contributed by atoms with van der Waals surface area (Å²) in [7, 11) is 1.55. The Balaban J connectivity index is 1.41. The molecule has 5 heterocycles. The van der Waals surface area contributed by atoms with Crippen LogP contribution in [0.5, 0.6) is 5.75 Å². The quantitative estimate of drug-likeness (QED) is 0.111. The third-order valence-electron chi connectivity index (χ3n) is 7.85. The summed E-state index contributed by atoms with van der Waals surface area (Å²) in [5, 5.41) is 52.2. The van der Waals surface area contributed by atoms with E-state index in [0.717, 1.165) is 10.9 Å². The van der Waals surface area contributed by atoms with Gasteiger partial charge in [-0.15, -0.1) is 0 Å². The lowest BCUT2D eigenvalue weighted by Gasteiger charge is -2.40. The summed E-state index contributed by atoms with van der Waals surface area (Å²) in [5.41, 5.74) is -0.862. The monoisotopic (exact) mass is 572 g/mol. The molecule has 0 radical (unpaired) electrons. The summed E-state index contributed by atoms with van der Waals surface area (Å²) in [6.45, 7) is 0.968. The van der Waals surface area contributed by atoms with Crippen LogP contribution in [0.4, 0.5) is 0 Å². The predicted molar refractivity (Wildman–Crippen MR) is 136 cm³/mol. The molecule has 3 aromatic rings. The molecular formula is C27H28N2O12. The van der Waals surface area contributed by atoms with Crippen LogP contribution >= 0.6 is 0 Å². The average Bonchev–Trinajstić information content (AvgIpc) is 3.33. The molecule has 3 aliphatic heterocycles. The van der Waals surface area contributed by atoms with Crippen LogP contribution in [0.15, 0.2) is 35.1 Å². The lowest BCUT2D eigenvalue weighted by molar-refractivity contribution is -0.438. The Morgan fingerprint density at radius 2 is 1.90 bits per heavy atom. The molecule has 6 rings (SSSR count). The molecule has 2 aromatic heterocycles. The molecule has 0 aliphatic carbocycles. The highest BCUT2D eigenvalue weighted by molar-refractivity contribution is 5.87. The van der Waals surface area contributed by atoms with Gasteiger partial charge in [0.05, 0.1) is 42.7 Å². The van der Waals surface area contributed by atoms with Gasteiger partial charge in [-0.3, -0.25) is 4.79 Å². The van der Waals surface area contributed by atoms with E-state index in [0.29, 0.717) is 22.7 Å². The Kier molecular flexibility index (Phi) is 6.83. The zero-order valence-corrected chi connectivity index (χ0v) is 22.0. The summed E-state index contributed by atoms with van der Waals surface area (Å²) in [5.74, 6) is -0.466. The van der Waals surface area contributed by atoms with Crippen molar-refractivity contribution in [3.05, 3.63) is 57.4 Å². The molecular weight excluding hydrogens is 544 g/mol.